The van der Waals surface area contributed by atoms with Gasteiger partial charge in [-0.1, -0.05) is 42.5 Å². The molecule has 0 saturated carbocycles. The van der Waals surface area contributed by atoms with E-state index in [2.05, 4.69) is 10.6 Å². The lowest BCUT2D eigenvalue weighted by Gasteiger charge is -2.25. The number of amides is 3. The van der Waals surface area contributed by atoms with Crippen LogP contribution < -0.4 is 15.5 Å². The topological polar surface area (TPSA) is 83.4 Å². The van der Waals surface area contributed by atoms with Gasteiger partial charge >= 0.3 is 0 Å². The summed E-state index contributed by atoms with van der Waals surface area (Å²) in [4.78, 5) is 40.2. The number of aromatic nitrogens is 1. The second-order valence-corrected chi connectivity index (χ2v) is 7.03. The molecule has 152 valence electrons. The van der Waals surface area contributed by atoms with E-state index in [0.717, 1.165) is 0 Å². The predicted molar refractivity (Wildman–Crippen MR) is 113 cm³/mol. The van der Waals surface area contributed by atoms with E-state index >= 15 is 0 Å². The van der Waals surface area contributed by atoms with Gasteiger partial charge in [-0.15, -0.1) is 0 Å². The molecule has 2 aromatic carbocycles. The van der Waals surface area contributed by atoms with Crippen molar-refractivity contribution in [2.24, 2.45) is 0 Å². The van der Waals surface area contributed by atoms with Crippen molar-refractivity contribution in [3.63, 3.8) is 0 Å². The number of nitrogens with one attached hydrogen (secondary N) is 2. The summed E-state index contributed by atoms with van der Waals surface area (Å²) in [7, 11) is 0. The van der Waals surface area contributed by atoms with Crippen LogP contribution in [0.4, 0.5) is 5.69 Å². The molecule has 2 N–H and O–H groups in total. The SMILES string of the molecule is O=C(CN1C(=O)C(c2ccccc2)NC(=O)c2ccccc21)NCCn1cccc1. The summed E-state index contributed by atoms with van der Waals surface area (Å²) in [5, 5.41) is 5.65. The molecule has 7 heteroatoms. The maximum absolute atomic E-state index is 13.4. The third-order valence-corrected chi connectivity index (χ3v) is 5.02. The van der Waals surface area contributed by atoms with Crippen molar-refractivity contribution in [1.82, 2.24) is 15.2 Å². The molecule has 2 heterocycles. The Hall–Kier alpha value is -3.87. The number of rotatable bonds is 6. The Bertz CT molecular complexity index is 1050. The van der Waals surface area contributed by atoms with Crippen LogP contribution in [0.3, 0.4) is 0 Å². The standard InChI is InChI=1S/C23H22N4O3/c28-20(24-12-15-26-13-6-7-14-26)16-27-19-11-5-4-10-18(19)22(29)25-21(23(27)30)17-8-2-1-3-9-17/h1-11,13-14,21H,12,15-16H2,(H,24,28)(H,25,29). The van der Waals surface area contributed by atoms with Crippen LogP contribution in [0.2, 0.25) is 0 Å². The second kappa shape index (κ2) is 8.65. The summed E-state index contributed by atoms with van der Waals surface area (Å²) >= 11 is 0. The smallest absolute Gasteiger partial charge is 0.254 e. The van der Waals surface area contributed by atoms with Gasteiger partial charge in [0.2, 0.25) is 5.91 Å². The highest BCUT2D eigenvalue weighted by Gasteiger charge is 2.35. The number of hydrogen-bond acceptors (Lipinski definition) is 3. The first-order valence-corrected chi connectivity index (χ1v) is 9.77. The number of carbonyl (C=O) groups is 3. The van der Waals surface area contributed by atoms with Crippen LogP contribution in [0.5, 0.6) is 0 Å². The minimum Gasteiger partial charge on any atom is -0.353 e. The molecule has 1 aliphatic rings. The van der Waals surface area contributed by atoms with Crippen LogP contribution in [0.1, 0.15) is 22.0 Å². The number of nitrogens with zero attached hydrogens (tertiary/aromatic N) is 2. The van der Waals surface area contributed by atoms with E-state index < -0.39 is 6.04 Å². The molecule has 4 rings (SSSR count). The highest BCUT2D eigenvalue weighted by molar-refractivity contribution is 6.12. The third kappa shape index (κ3) is 4.10. The van der Waals surface area contributed by atoms with Crippen LogP contribution in [-0.2, 0) is 16.1 Å². The lowest BCUT2D eigenvalue weighted by atomic mass is 10.1. The van der Waals surface area contributed by atoms with E-state index in [1.54, 1.807) is 36.4 Å². The van der Waals surface area contributed by atoms with Crippen molar-refractivity contribution in [3.8, 4) is 0 Å². The van der Waals surface area contributed by atoms with Crippen molar-refractivity contribution >= 4 is 23.4 Å². The molecule has 1 atom stereocenters. The van der Waals surface area contributed by atoms with E-state index in [4.69, 9.17) is 0 Å². The van der Waals surface area contributed by atoms with Crippen molar-refractivity contribution in [2.75, 3.05) is 18.0 Å². The van der Waals surface area contributed by atoms with Gasteiger partial charge in [-0.05, 0) is 29.8 Å². The van der Waals surface area contributed by atoms with Gasteiger partial charge in [0.15, 0.2) is 0 Å². The van der Waals surface area contributed by atoms with E-state index in [0.29, 0.717) is 29.9 Å². The first-order valence-electron chi connectivity index (χ1n) is 9.77. The molecule has 0 fully saturated rings. The zero-order chi connectivity index (χ0) is 20.9. The van der Waals surface area contributed by atoms with Crippen LogP contribution in [-0.4, -0.2) is 35.4 Å². The summed E-state index contributed by atoms with van der Waals surface area (Å²) in [6.45, 7) is 0.909. The Morgan fingerprint density at radius 3 is 2.40 bits per heavy atom. The molecule has 3 aromatic rings. The van der Waals surface area contributed by atoms with Gasteiger partial charge in [-0.25, -0.2) is 0 Å². The minimum absolute atomic E-state index is 0.167. The van der Waals surface area contributed by atoms with Crippen LogP contribution in [0, 0.1) is 0 Å². The Kier molecular flexibility index (Phi) is 5.61. The first kappa shape index (κ1) is 19.4. The number of para-hydroxylation sites is 1. The number of hydrogen-bond donors (Lipinski definition) is 2. The first-order chi connectivity index (χ1) is 14.6. The number of anilines is 1. The number of benzene rings is 2. The highest BCUT2D eigenvalue weighted by Crippen LogP contribution is 2.28. The molecule has 0 spiro atoms. The van der Waals surface area contributed by atoms with E-state index in [9.17, 15) is 14.4 Å². The lowest BCUT2D eigenvalue weighted by Crippen LogP contribution is -2.45. The zero-order valence-electron chi connectivity index (χ0n) is 16.3. The monoisotopic (exact) mass is 402 g/mol. The molecule has 7 nitrogen and oxygen atoms in total. The third-order valence-electron chi connectivity index (χ3n) is 5.02. The number of fused-ring (bicyclic) bond motifs is 1. The predicted octanol–water partition coefficient (Wildman–Crippen LogP) is 2.12. The Morgan fingerprint density at radius 1 is 0.933 bits per heavy atom. The normalized spacial score (nSPS) is 15.9. The van der Waals surface area contributed by atoms with Crippen LogP contribution in [0.25, 0.3) is 0 Å². The fraction of sp³-hybridized carbons (Fsp3) is 0.174. The molecule has 30 heavy (non-hydrogen) atoms. The zero-order valence-corrected chi connectivity index (χ0v) is 16.3. The summed E-state index contributed by atoms with van der Waals surface area (Å²) < 4.78 is 1.96. The van der Waals surface area contributed by atoms with Crippen LogP contribution in [0.15, 0.2) is 79.1 Å². The molecule has 1 aromatic heterocycles. The molecule has 0 bridgehead atoms. The summed E-state index contributed by atoms with van der Waals surface area (Å²) in [6, 6.07) is 18.8. The Balaban J connectivity index is 1.56. The maximum Gasteiger partial charge on any atom is 0.254 e. The fourth-order valence-electron chi connectivity index (χ4n) is 3.52. The average molecular weight is 402 g/mol. The molecular formula is C23H22N4O3. The summed E-state index contributed by atoms with van der Waals surface area (Å²) in [6.07, 6.45) is 3.84. The van der Waals surface area contributed by atoms with Gasteiger partial charge < -0.3 is 20.1 Å². The quantitative estimate of drug-likeness (QED) is 0.663. The Labute approximate surface area is 174 Å². The summed E-state index contributed by atoms with van der Waals surface area (Å²) in [5.41, 5.74) is 1.46. The minimum atomic E-state index is -0.862. The molecule has 3 amide bonds. The molecular weight excluding hydrogens is 380 g/mol. The van der Waals surface area contributed by atoms with E-state index in [-0.39, 0.29) is 24.3 Å². The van der Waals surface area contributed by atoms with Crippen molar-refractivity contribution in [3.05, 3.63) is 90.3 Å². The van der Waals surface area contributed by atoms with Crippen molar-refractivity contribution in [1.29, 1.82) is 0 Å². The Morgan fingerprint density at radius 2 is 1.63 bits per heavy atom. The van der Waals surface area contributed by atoms with Gasteiger partial charge in [-0.3, -0.25) is 14.4 Å². The van der Waals surface area contributed by atoms with E-state index in [1.807, 2.05) is 47.3 Å². The molecule has 1 aliphatic heterocycles. The van der Waals surface area contributed by atoms with Crippen molar-refractivity contribution in [2.45, 2.75) is 12.6 Å². The van der Waals surface area contributed by atoms with Gasteiger partial charge in [0, 0.05) is 25.5 Å². The van der Waals surface area contributed by atoms with Gasteiger partial charge in [0.25, 0.3) is 11.8 Å². The van der Waals surface area contributed by atoms with Gasteiger partial charge in [-0.2, -0.15) is 0 Å². The van der Waals surface area contributed by atoms with Crippen molar-refractivity contribution < 1.29 is 14.4 Å². The highest BCUT2D eigenvalue weighted by atomic mass is 16.2. The fourth-order valence-corrected chi connectivity index (χ4v) is 3.52. The second-order valence-electron chi connectivity index (χ2n) is 7.03. The summed E-state index contributed by atoms with van der Waals surface area (Å²) in [5.74, 6) is -0.977. The molecule has 0 aliphatic carbocycles. The molecule has 1 unspecified atom stereocenters. The number of carbonyl (C=O) groups excluding carboxylic acids is 3. The molecule has 0 saturated heterocycles. The van der Waals surface area contributed by atoms with E-state index in [1.165, 1.54) is 4.90 Å². The maximum atomic E-state index is 13.4. The van der Waals surface area contributed by atoms with Gasteiger partial charge in [0.1, 0.15) is 12.6 Å². The lowest BCUT2D eigenvalue weighted by molar-refractivity contribution is -0.124. The molecule has 0 radical (unpaired) electrons. The average Bonchev–Trinajstić information content (AvgIpc) is 3.26. The van der Waals surface area contributed by atoms with Crippen LogP contribution >= 0.6 is 0 Å². The van der Waals surface area contributed by atoms with Gasteiger partial charge in [0.05, 0.1) is 11.3 Å². The largest absolute Gasteiger partial charge is 0.353 e.